The standard InChI is InChI=1S/C26H37N3O3S/c1-21(2)19-23-9-11-25(12-10-23)33(31,32)29(20-22(3)24-7-5-4-6-8-24)16-13-26(30)28-17-14-27-15-18-28/h4-12,21-22,27H,13-20H2,1-3H3/t22-/m0/s1. The summed E-state index contributed by atoms with van der Waals surface area (Å²) in [5.74, 6) is 0.526. The van der Waals surface area contributed by atoms with Crippen molar-refractivity contribution in [1.82, 2.24) is 14.5 Å². The highest BCUT2D eigenvalue weighted by molar-refractivity contribution is 7.89. The fourth-order valence-electron chi connectivity index (χ4n) is 4.21. The van der Waals surface area contributed by atoms with Gasteiger partial charge in [-0.3, -0.25) is 4.79 Å². The Morgan fingerprint density at radius 2 is 1.64 bits per heavy atom. The molecular formula is C26H37N3O3S. The minimum Gasteiger partial charge on any atom is -0.340 e. The second-order valence-electron chi connectivity index (χ2n) is 9.30. The Kier molecular flexibility index (Phi) is 9.06. The third kappa shape index (κ3) is 7.13. The zero-order valence-electron chi connectivity index (χ0n) is 20.0. The highest BCUT2D eigenvalue weighted by Crippen LogP contribution is 2.23. The van der Waals surface area contributed by atoms with E-state index in [1.54, 1.807) is 12.1 Å². The number of benzene rings is 2. The molecule has 1 heterocycles. The van der Waals surface area contributed by atoms with Gasteiger partial charge < -0.3 is 10.2 Å². The lowest BCUT2D eigenvalue weighted by atomic mass is 10.0. The Hall–Kier alpha value is -2.22. The van der Waals surface area contributed by atoms with Gasteiger partial charge in [0.15, 0.2) is 0 Å². The predicted molar refractivity (Wildman–Crippen MR) is 133 cm³/mol. The van der Waals surface area contributed by atoms with Crippen LogP contribution in [-0.2, 0) is 21.2 Å². The van der Waals surface area contributed by atoms with E-state index in [0.717, 1.165) is 30.6 Å². The normalized spacial score (nSPS) is 15.7. The number of carbonyl (C=O) groups excluding carboxylic acids is 1. The van der Waals surface area contributed by atoms with Gasteiger partial charge in [-0.25, -0.2) is 8.42 Å². The monoisotopic (exact) mass is 471 g/mol. The van der Waals surface area contributed by atoms with Gasteiger partial charge in [0, 0.05) is 45.7 Å². The molecule has 0 aliphatic carbocycles. The van der Waals surface area contributed by atoms with E-state index < -0.39 is 10.0 Å². The van der Waals surface area contributed by atoms with Crippen molar-refractivity contribution in [2.24, 2.45) is 5.92 Å². The van der Waals surface area contributed by atoms with E-state index in [4.69, 9.17) is 0 Å². The molecule has 0 aromatic heterocycles. The van der Waals surface area contributed by atoms with Crippen LogP contribution >= 0.6 is 0 Å². The maximum absolute atomic E-state index is 13.6. The van der Waals surface area contributed by atoms with E-state index in [1.165, 1.54) is 4.31 Å². The van der Waals surface area contributed by atoms with Crippen molar-refractivity contribution in [3.63, 3.8) is 0 Å². The van der Waals surface area contributed by atoms with E-state index in [1.807, 2.05) is 54.3 Å². The third-order valence-corrected chi connectivity index (χ3v) is 7.98. The Morgan fingerprint density at radius 3 is 2.24 bits per heavy atom. The van der Waals surface area contributed by atoms with Gasteiger partial charge in [0.05, 0.1) is 4.90 Å². The number of carbonyl (C=O) groups is 1. The zero-order chi connectivity index (χ0) is 23.8. The van der Waals surface area contributed by atoms with Crippen LogP contribution in [0.5, 0.6) is 0 Å². The van der Waals surface area contributed by atoms with Crippen LogP contribution in [0.1, 0.15) is 44.2 Å². The van der Waals surface area contributed by atoms with Gasteiger partial charge in [0.2, 0.25) is 15.9 Å². The summed E-state index contributed by atoms with van der Waals surface area (Å²) in [6.07, 6.45) is 1.10. The van der Waals surface area contributed by atoms with Crippen LogP contribution in [0.2, 0.25) is 0 Å². The Labute approximate surface area is 199 Å². The molecule has 0 unspecified atom stereocenters. The minimum absolute atomic E-state index is 0.00970. The maximum Gasteiger partial charge on any atom is 0.243 e. The fourth-order valence-corrected chi connectivity index (χ4v) is 5.74. The molecule has 0 spiro atoms. The molecule has 1 aliphatic heterocycles. The van der Waals surface area contributed by atoms with E-state index in [9.17, 15) is 13.2 Å². The average Bonchev–Trinajstić information content (AvgIpc) is 2.82. The first-order valence-electron chi connectivity index (χ1n) is 11.9. The molecule has 0 radical (unpaired) electrons. The summed E-state index contributed by atoms with van der Waals surface area (Å²) < 4.78 is 28.7. The molecular weight excluding hydrogens is 434 g/mol. The highest BCUT2D eigenvalue weighted by atomic mass is 32.2. The quantitative estimate of drug-likeness (QED) is 0.576. The van der Waals surface area contributed by atoms with E-state index in [2.05, 4.69) is 19.2 Å². The van der Waals surface area contributed by atoms with Gasteiger partial charge in [0.25, 0.3) is 0 Å². The molecule has 1 fully saturated rings. The first-order valence-corrected chi connectivity index (χ1v) is 13.3. The molecule has 1 saturated heterocycles. The van der Waals surface area contributed by atoms with E-state index in [0.29, 0.717) is 25.6 Å². The number of hydrogen-bond acceptors (Lipinski definition) is 4. The van der Waals surface area contributed by atoms with Crippen molar-refractivity contribution >= 4 is 15.9 Å². The SMILES string of the molecule is CC(C)Cc1ccc(S(=O)(=O)N(CCC(=O)N2CCNCC2)C[C@H](C)c2ccccc2)cc1. The van der Waals surface area contributed by atoms with Crippen molar-refractivity contribution in [2.45, 2.75) is 44.4 Å². The van der Waals surface area contributed by atoms with Crippen molar-refractivity contribution in [2.75, 3.05) is 39.3 Å². The van der Waals surface area contributed by atoms with E-state index in [-0.39, 0.29) is 29.7 Å². The van der Waals surface area contributed by atoms with Crippen molar-refractivity contribution in [3.05, 3.63) is 65.7 Å². The molecule has 2 aromatic carbocycles. The highest BCUT2D eigenvalue weighted by Gasteiger charge is 2.28. The lowest BCUT2D eigenvalue weighted by Gasteiger charge is -2.29. The van der Waals surface area contributed by atoms with Gasteiger partial charge in [-0.15, -0.1) is 0 Å². The van der Waals surface area contributed by atoms with Crippen molar-refractivity contribution in [3.8, 4) is 0 Å². The first-order chi connectivity index (χ1) is 15.8. The van der Waals surface area contributed by atoms with Gasteiger partial charge in [0.1, 0.15) is 0 Å². The summed E-state index contributed by atoms with van der Waals surface area (Å²) in [6.45, 7) is 9.72. The number of nitrogens with zero attached hydrogens (tertiary/aromatic N) is 2. The predicted octanol–water partition coefficient (Wildman–Crippen LogP) is 3.50. The molecule has 33 heavy (non-hydrogen) atoms. The number of rotatable bonds is 10. The first kappa shape index (κ1) is 25.4. The summed E-state index contributed by atoms with van der Waals surface area (Å²) in [6, 6.07) is 17.1. The van der Waals surface area contributed by atoms with Crippen LogP contribution < -0.4 is 5.32 Å². The molecule has 1 aliphatic rings. The van der Waals surface area contributed by atoms with Crippen LogP contribution in [0.15, 0.2) is 59.5 Å². The van der Waals surface area contributed by atoms with Gasteiger partial charge in [-0.1, -0.05) is 63.2 Å². The van der Waals surface area contributed by atoms with Crippen LogP contribution in [-0.4, -0.2) is 62.8 Å². The third-order valence-electron chi connectivity index (χ3n) is 6.10. The molecule has 180 valence electrons. The topological polar surface area (TPSA) is 69.7 Å². The molecule has 3 rings (SSSR count). The zero-order valence-corrected chi connectivity index (χ0v) is 20.9. The van der Waals surface area contributed by atoms with Crippen LogP contribution in [0.4, 0.5) is 0 Å². The lowest BCUT2D eigenvalue weighted by molar-refractivity contribution is -0.131. The van der Waals surface area contributed by atoms with Gasteiger partial charge >= 0.3 is 0 Å². The lowest BCUT2D eigenvalue weighted by Crippen LogP contribution is -2.47. The summed E-state index contributed by atoms with van der Waals surface area (Å²) in [7, 11) is -3.73. The molecule has 1 N–H and O–H groups in total. The molecule has 1 atom stereocenters. The minimum atomic E-state index is -3.73. The van der Waals surface area contributed by atoms with E-state index >= 15 is 0 Å². The van der Waals surface area contributed by atoms with Crippen molar-refractivity contribution in [1.29, 1.82) is 0 Å². The summed E-state index contributed by atoms with van der Waals surface area (Å²) >= 11 is 0. The summed E-state index contributed by atoms with van der Waals surface area (Å²) in [4.78, 5) is 14.9. The smallest absolute Gasteiger partial charge is 0.243 e. The number of piperazine rings is 1. The second kappa shape index (κ2) is 11.8. The van der Waals surface area contributed by atoms with Crippen molar-refractivity contribution < 1.29 is 13.2 Å². The summed E-state index contributed by atoms with van der Waals surface area (Å²) in [5.41, 5.74) is 2.21. The Bertz CT molecular complexity index is 985. The summed E-state index contributed by atoms with van der Waals surface area (Å²) in [5, 5.41) is 3.24. The second-order valence-corrected chi connectivity index (χ2v) is 11.2. The average molecular weight is 472 g/mol. The van der Waals surface area contributed by atoms with Crippen LogP contribution in [0, 0.1) is 5.92 Å². The Morgan fingerprint density at radius 1 is 1.00 bits per heavy atom. The number of amides is 1. The molecule has 6 nitrogen and oxygen atoms in total. The van der Waals surface area contributed by atoms with Crippen LogP contribution in [0.3, 0.4) is 0 Å². The fraction of sp³-hybridized carbons (Fsp3) is 0.500. The number of sulfonamides is 1. The molecule has 1 amide bonds. The van der Waals surface area contributed by atoms with Crippen LogP contribution in [0.25, 0.3) is 0 Å². The Balaban J connectivity index is 1.79. The largest absolute Gasteiger partial charge is 0.340 e. The molecule has 2 aromatic rings. The van der Waals surface area contributed by atoms with Gasteiger partial charge in [-0.05, 0) is 41.5 Å². The maximum atomic E-state index is 13.6. The molecule has 7 heteroatoms. The number of hydrogen-bond donors (Lipinski definition) is 1. The molecule has 0 bridgehead atoms. The van der Waals surface area contributed by atoms with Gasteiger partial charge in [-0.2, -0.15) is 4.31 Å². The number of nitrogens with one attached hydrogen (secondary N) is 1. The molecule has 0 saturated carbocycles.